The van der Waals surface area contributed by atoms with Crippen LogP contribution in [0.3, 0.4) is 0 Å². The van der Waals surface area contributed by atoms with Gasteiger partial charge in [0, 0.05) is 11.6 Å². The molecule has 2 aromatic carbocycles. The van der Waals surface area contributed by atoms with Gasteiger partial charge in [-0.15, -0.1) is 6.58 Å². The summed E-state index contributed by atoms with van der Waals surface area (Å²) < 4.78 is 18.3. The van der Waals surface area contributed by atoms with Crippen molar-refractivity contribution in [2.75, 3.05) is 20.8 Å². The topological polar surface area (TPSA) is 99.4 Å². The Hall–Kier alpha value is -4.11. The van der Waals surface area contributed by atoms with Gasteiger partial charge in [0.15, 0.2) is 4.80 Å². The largest absolute Gasteiger partial charge is 0.508 e. The second kappa shape index (κ2) is 10.9. The Kier molecular flexibility index (Phi) is 7.63. The zero-order valence-electron chi connectivity index (χ0n) is 21.1. The highest BCUT2D eigenvalue weighted by molar-refractivity contribution is 7.07. The normalized spacial score (nSPS) is 15.1. The fourth-order valence-corrected chi connectivity index (χ4v) is 5.34. The third kappa shape index (κ3) is 4.95. The number of phenols is 1. The van der Waals surface area contributed by atoms with Crippen molar-refractivity contribution in [3.63, 3.8) is 0 Å². The molecule has 192 valence electrons. The fraction of sp³-hybridized carbons (Fsp3) is 0.250. The number of rotatable bonds is 8. The maximum atomic E-state index is 13.8. The molecule has 37 heavy (non-hydrogen) atoms. The van der Waals surface area contributed by atoms with Crippen LogP contribution >= 0.6 is 11.3 Å². The Morgan fingerprint density at radius 1 is 1.22 bits per heavy atom. The van der Waals surface area contributed by atoms with E-state index in [0.717, 1.165) is 5.56 Å². The van der Waals surface area contributed by atoms with Crippen LogP contribution < -0.4 is 24.4 Å². The van der Waals surface area contributed by atoms with Gasteiger partial charge in [-0.1, -0.05) is 23.5 Å². The zero-order valence-corrected chi connectivity index (χ0v) is 21.9. The van der Waals surface area contributed by atoms with Gasteiger partial charge in [0.2, 0.25) is 0 Å². The number of fused-ring (bicyclic) bond motifs is 1. The number of nitrogens with zero attached hydrogens (tertiary/aromatic N) is 2. The van der Waals surface area contributed by atoms with Gasteiger partial charge < -0.3 is 19.3 Å². The molecule has 0 radical (unpaired) electrons. The molecule has 0 saturated heterocycles. The summed E-state index contributed by atoms with van der Waals surface area (Å²) in [5.74, 6) is 0.658. The van der Waals surface area contributed by atoms with Crippen molar-refractivity contribution in [3.8, 4) is 17.2 Å². The van der Waals surface area contributed by atoms with Gasteiger partial charge in [0.25, 0.3) is 5.56 Å². The Bertz CT molecular complexity index is 1580. The first-order valence-electron chi connectivity index (χ1n) is 11.7. The van der Waals surface area contributed by atoms with E-state index >= 15 is 0 Å². The lowest BCUT2D eigenvalue weighted by Crippen LogP contribution is -2.40. The second-order valence-electron chi connectivity index (χ2n) is 8.29. The molecule has 1 aliphatic rings. The molecule has 1 aromatic heterocycles. The number of benzene rings is 2. The minimum Gasteiger partial charge on any atom is -0.508 e. The minimum atomic E-state index is -0.811. The van der Waals surface area contributed by atoms with Crippen LogP contribution in [0.5, 0.6) is 17.2 Å². The smallest absolute Gasteiger partial charge is 0.338 e. The number of hydrogen-bond acceptors (Lipinski definition) is 8. The van der Waals surface area contributed by atoms with E-state index in [2.05, 4.69) is 11.6 Å². The number of carbonyl (C=O) groups excluding carboxylic acids is 1. The van der Waals surface area contributed by atoms with Gasteiger partial charge in [-0.3, -0.25) is 9.36 Å². The number of carbonyl (C=O) groups is 1. The quantitative estimate of drug-likeness (QED) is 0.362. The van der Waals surface area contributed by atoms with E-state index in [1.54, 1.807) is 63.4 Å². The first kappa shape index (κ1) is 26.0. The van der Waals surface area contributed by atoms with E-state index in [1.165, 1.54) is 23.0 Å². The predicted molar refractivity (Wildman–Crippen MR) is 142 cm³/mol. The highest BCUT2D eigenvalue weighted by atomic mass is 32.1. The van der Waals surface area contributed by atoms with E-state index in [-0.39, 0.29) is 23.5 Å². The number of aromatic hydroxyl groups is 1. The zero-order chi connectivity index (χ0) is 26.7. The van der Waals surface area contributed by atoms with E-state index < -0.39 is 12.0 Å². The Labute approximate surface area is 218 Å². The van der Waals surface area contributed by atoms with Crippen molar-refractivity contribution < 1.29 is 24.1 Å². The van der Waals surface area contributed by atoms with Gasteiger partial charge in [0.05, 0.1) is 36.6 Å². The molecular formula is C28H28N2O6S. The third-order valence-electron chi connectivity index (χ3n) is 6.02. The predicted octanol–water partition coefficient (Wildman–Crippen LogP) is 3.25. The average Bonchev–Trinajstić information content (AvgIpc) is 3.19. The number of allylic oxidation sites excluding steroid dienone is 2. The molecule has 2 heterocycles. The molecule has 1 aliphatic heterocycles. The number of aromatic nitrogens is 1. The number of phenolic OH excluding ortho intramolecular Hbond substituents is 1. The highest BCUT2D eigenvalue weighted by Crippen LogP contribution is 2.37. The summed E-state index contributed by atoms with van der Waals surface area (Å²) in [6.07, 6.45) is 3.95. The molecule has 3 aromatic rings. The monoisotopic (exact) mass is 520 g/mol. The number of thiazole rings is 1. The van der Waals surface area contributed by atoms with Crippen molar-refractivity contribution in [3.05, 3.63) is 96.7 Å². The molecule has 8 nitrogen and oxygen atoms in total. The maximum absolute atomic E-state index is 13.8. The Morgan fingerprint density at radius 2 is 2.00 bits per heavy atom. The number of methoxy groups -OCH3 is 2. The Morgan fingerprint density at radius 3 is 2.68 bits per heavy atom. The molecule has 1 N–H and O–H groups in total. The van der Waals surface area contributed by atoms with Crippen LogP contribution in [0.15, 0.2) is 70.1 Å². The molecule has 4 rings (SSSR count). The molecule has 0 aliphatic carbocycles. The summed E-state index contributed by atoms with van der Waals surface area (Å²) in [6.45, 7) is 7.36. The van der Waals surface area contributed by atoms with Crippen LogP contribution in [0.4, 0.5) is 0 Å². The average molecular weight is 521 g/mol. The van der Waals surface area contributed by atoms with Gasteiger partial charge in [-0.25, -0.2) is 9.79 Å². The van der Waals surface area contributed by atoms with Crippen molar-refractivity contribution in [2.45, 2.75) is 26.3 Å². The third-order valence-corrected chi connectivity index (χ3v) is 7.00. The van der Waals surface area contributed by atoms with Crippen LogP contribution in [0.2, 0.25) is 0 Å². The lowest BCUT2D eigenvalue weighted by atomic mass is 9.95. The van der Waals surface area contributed by atoms with Crippen LogP contribution in [0.25, 0.3) is 6.08 Å². The van der Waals surface area contributed by atoms with Gasteiger partial charge >= 0.3 is 5.97 Å². The SMILES string of the molecule is C=CCc1cc(/C=c2/sc3n(c2=O)[C@H](c2ccc(OC)cc2OC)C(C(=O)OCC)=C(C)N=3)ccc1O. The first-order valence-corrected chi connectivity index (χ1v) is 12.5. The molecular weight excluding hydrogens is 492 g/mol. The van der Waals surface area contributed by atoms with E-state index in [1.807, 2.05) is 6.07 Å². The molecule has 0 bridgehead atoms. The molecule has 1 atom stereocenters. The van der Waals surface area contributed by atoms with Crippen LogP contribution in [0.1, 0.15) is 36.6 Å². The molecule has 0 spiro atoms. The summed E-state index contributed by atoms with van der Waals surface area (Å²) in [4.78, 5) is 32.0. The number of ether oxygens (including phenoxy) is 3. The van der Waals surface area contributed by atoms with Gasteiger partial charge in [-0.2, -0.15) is 0 Å². The second-order valence-corrected chi connectivity index (χ2v) is 9.30. The van der Waals surface area contributed by atoms with Crippen molar-refractivity contribution in [2.24, 2.45) is 4.99 Å². The lowest BCUT2D eigenvalue weighted by Gasteiger charge is -2.26. The molecule has 0 fully saturated rings. The lowest BCUT2D eigenvalue weighted by molar-refractivity contribution is -0.139. The minimum absolute atomic E-state index is 0.166. The van der Waals surface area contributed by atoms with Crippen LogP contribution in [-0.4, -0.2) is 36.5 Å². The fourth-order valence-electron chi connectivity index (χ4n) is 4.30. The Balaban J connectivity index is 1.97. The maximum Gasteiger partial charge on any atom is 0.338 e. The van der Waals surface area contributed by atoms with Crippen molar-refractivity contribution in [1.82, 2.24) is 4.57 Å². The van der Waals surface area contributed by atoms with E-state index in [9.17, 15) is 14.7 Å². The van der Waals surface area contributed by atoms with Crippen LogP contribution in [0, 0.1) is 0 Å². The van der Waals surface area contributed by atoms with Crippen molar-refractivity contribution in [1.29, 1.82) is 0 Å². The standard InChI is InChI=1S/C28H28N2O6S/c1-6-8-18-13-17(9-12-21(18)31)14-23-26(32)30-25(20-11-10-19(34-4)15-22(20)35-5)24(27(33)36-7-2)16(3)29-28(30)37-23/h6,9-15,25,31H,1,7-8H2,2-5H3/b23-14+/t25-/m1/s1. The number of hydrogen-bond donors (Lipinski definition) is 1. The molecule has 0 saturated carbocycles. The van der Waals surface area contributed by atoms with Gasteiger partial charge in [0.1, 0.15) is 23.3 Å². The summed E-state index contributed by atoms with van der Waals surface area (Å²) >= 11 is 1.22. The highest BCUT2D eigenvalue weighted by Gasteiger charge is 2.35. The van der Waals surface area contributed by atoms with Crippen molar-refractivity contribution >= 4 is 23.4 Å². The molecule has 0 amide bonds. The van der Waals surface area contributed by atoms with E-state index in [0.29, 0.717) is 44.1 Å². The molecule has 0 unspecified atom stereocenters. The van der Waals surface area contributed by atoms with Gasteiger partial charge in [-0.05, 0) is 61.7 Å². The number of esters is 1. The summed E-state index contributed by atoms with van der Waals surface area (Å²) in [6, 6.07) is 9.57. The summed E-state index contributed by atoms with van der Waals surface area (Å²) in [5, 5.41) is 10.1. The summed E-state index contributed by atoms with van der Waals surface area (Å²) in [7, 11) is 3.07. The van der Waals surface area contributed by atoms with E-state index in [4.69, 9.17) is 14.2 Å². The molecule has 9 heteroatoms. The summed E-state index contributed by atoms with van der Waals surface area (Å²) in [5.41, 5.74) is 2.48. The first-order chi connectivity index (χ1) is 17.8. The van der Waals surface area contributed by atoms with Crippen LogP contribution in [-0.2, 0) is 16.0 Å².